The van der Waals surface area contributed by atoms with Gasteiger partial charge >= 0.3 is 0 Å². The molecular formula is C18H17BrN4O4S. The molecule has 0 radical (unpaired) electrons. The molecule has 0 saturated carbocycles. The Balaban J connectivity index is 1.74. The number of ether oxygens (including phenoxy) is 2. The summed E-state index contributed by atoms with van der Waals surface area (Å²) in [6.45, 7) is 1.74. The predicted octanol–water partition coefficient (Wildman–Crippen LogP) is 3.30. The lowest BCUT2D eigenvalue weighted by atomic mass is 10.2. The van der Waals surface area contributed by atoms with Crippen LogP contribution in [0.25, 0.3) is 10.6 Å². The van der Waals surface area contributed by atoms with Crippen LogP contribution < -0.4 is 20.3 Å². The maximum Gasteiger partial charge on any atom is 0.286 e. The number of hydrogen-bond donors (Lipinski definition) is 3. The van der Waals surface area contributed by atoms with E-state index in [1.807, 2.05) is 6.07 Å². The molecule has 0 unspecified atom stereocenters. The summed E-state index contributed by atoms with van der Waals surface area (Å²) in [5.74, 6) is 0.279. The highest BCUT2D eigenvalue weighted by atomic mass is 79.9. The van der Waals surface area contributed by atoms with Gasteiger partial charge in [0.1, 0.15) is 15.6 Å². The summed E-state index contributed by atoms with van der Waals surface area (Å²) in [6, 6.07) is 7.02. The highest BCUT2D eigenvalue weighted by Gasteiger charge is 2.18. The third kappa shape index (κ3) is 4.18. The van der Waals surface area contributed by atoms with Gasteiger partial charge in [0, 0.05) is 16.2 Å². The first kappa shape index (κ1) is 19.9. The van der Waals surface area contributed by atoms with Crippen molar-refractivity contribution in [3.8, 4) is 22.1 Å². The Bertz CT molecular complexity index is 1030. The van der Waals surface area contributed by atoms with Gasteiger partial charge in [0.15, 0.2) is 11.5 Å². The lowest BCUT2D eigenvalue weighted by Crippen LogP contribution is -2.41. The van der Waals surface area contributed by atoms with E-state index in [4.69, 9.17) is 9.47 Å². The molecule has 0 aliphatic heterocycles. The van der Waals surface area contributed by atoms with Crippen LogP contribution in [0.5, 0.6) is 11.5 Å². The number of nitrogens with one attached hydrogen (secondary N) is 3. The molecule has 0 aliphatic rings. The Kier molecular flexibility index (Phi) is 6.00. The number of halogens is 1. The van der Waals surface area contributed by atoms with Gasteiger partial charge in [-0.2, -0.15) is 0 Å². The summed E-state index contributed by atoms with van der Waals surface area (Å²) in [5.41, 5.74) is 6.45. The standard InChI is InChI=1S/C18H17BrN4O4S/c1-9-15(17(25)23-22-16(24)12-7-11(19)8-20-12)28-18(21-9)10-4-5-13(26-2)14(6-10)27-3/h4-8,20H,1-3H3,(H,22,24)(H,23,25). The molecule has 3 aromatic rings. The van der Waals surface area contributed by atoms with Crippen LogP contribution in [0.15, 0.2) is 34.9 Å². The molecule has 10 heteroatoms. The number of benzene rings is 1. The minimum atomic E-state index is -0.457. The lowest BCUT2D eigenvalue weighted by molar-refractivity contribution is 0.0846. The molecule has 0 atom stereocenters. The van der Waals surface area contributed by atoms with Crippen molar-refractivity contribution in [3.63, 3.8) is 0 Å². The Morgan fingerprint density at radius 3 is 2.46 bits per heavy atom. The van der Waals surface area contributed by atoms with Crippen molar-refractivity contribution in [2.45, 2.75) is 6.92 Å². The van der Waals surface area contributed by atoms with Crippen molar-refractivity contribution in [1.29, 1.82) is 0 Å². The minimum Gasteiger partial charge on any atom is -0.493 e. The first-order valence-electron chi connectivity index (χ1n) is 8.07. The van der Waals surface area contributed by atoms with E-state index in [2.05, 4.69) is 36.7 Å². The van der Waals surface area contributed by atoms with Crippen LogP contribution in [-0.2, 0) is 0 Å². The van der Waals surface area contributed by atoms with Gasteiger partial charge in [-0.05, 0) is 47.1 Å². The van der Waals surface area contributed by atoms with Gasteiger partial charge in [0.05, 0.1) is 19.9 Å². The van der Waals surface area contributed by atoms with Gasteiger partial charge < -0.3 is 14.5 Å². The minimum absolute atomic E-state index is 0.319. The molecule has 2 amide bonds. The van der Waals surface area contributed by atoms with E-state index in [0.29, 0.717) is 32.8 Å². The summed E-state index contributed by atoms with van der Waals surface area (Å²) in [4.78, 5) is 32.1. The average Bonchev–Trinajstić information content (AvgIpc) is 3.31. The van der Waals surface area contributed by atoms with Crippen LogP contribution in [-0.4, -0.2) is 36.0 Å². The fourth-order valence-electron chi connectivity index (χ4n) is 2.44. The molecule has 0 aliphatic carbocycles. The molecule has 0 fully saturated rings. The molecule has 0 spiro atoms. The number of carbonyl (C=O) groups is 2. The number of nitrogens with zero attached hydrogens (tertiary/aromatic N) is 1. The summed E-state index contributed by atoms with van der Waals surface area (Å²) < 4.78 is 11.3. The summed E-state index contributed by atoms with van der Waals surface area (Å²) in [6.07, 6.45) is 1.62. The summed E-state index contributed by atoms with van der Waals surface area (Å²) in [7, 11) is 3.12. The number of carbonyl (C=O) groups excluding carboxylic acids is 2. The molecule has 3 N–H and O–H groups in total. The van der Waals surface area contributed by atoms with Crippen molar-refractivity contribution in [1.82, 2.24) is 20.8 Å². The highest BCUT2D eigenvalue weighted by Crippen LogP contribution is 2.34. The van der Waals surface area contributed by atoms with Crippen LogP contribution in [0.4, 0.5) is 0 Å². The first-order valence-corrected chi connectivity index (χ1v) is 9.68. The van der Waals surface area contributed by atoms with E-state index < -0.39 is 11.8 Å². The van der Waals surface area contributed by atoms with Crippen molar-refractivity contribution >= 4 is 39.1 Å². The second-order valence-electron chi connectivity index (χ2n) is 5.64. The quantitative estimate of drug-likeness (QED) is 0.502. The Morgan fingerprint density at radius 2 is 1.82 bits per heavy atom. The van der Waals surface area contributed by atoms with Crippen LogP contribution in [0.1, 0.15) is 25.9 Å². The second kappa shape index (κ2) is 8.44. The molecule has 1 aromatic carbocycles. The van der Waals surface area contributed by atoms with Crippen LogP contribution in [0, 0.1) is 6.92 Å². The normalized spacial score (nSPS) is 10.4. The Labute approximate surface area is 173 Å². The largest absolute Gasteiger partial charge is 0.493 e. The van der Waals surface area contributed by atoms with E-state index in [0.717, 1.165) is 10.0 Å². The molecule has 2 aromatic heterocycles. The second-order valence-corrected chi connectivity index (χ2v) is 7.56. The maximum absolute atomic E-state index is 12.5. The number of thiazole rings is 1. The van der Waals surface area contributed by atoms with Crippen molar-refractivity contribution < 1.29 is 19.1 Å². The maximum atomic E-state index is 12.5. The van der Waals surface area contributed by atoms with Gasteiger partial charge in [-0.3, -0.25) is 20.4 Å². The van der Waals surface area contributed by atoms with E-state index in [1.165, 1.54) is 11.3 Å². The molecule has 3 rings (SSSR count). The van der Waals surface area contributed by atoms with Gasteiger partial charge in [-0.1, -0.05) is 0 Å². The van der Waals surface area contributed by atoms with E-state index in [9.17, 15) is 9.59 Å². The number of aryl methyl sites for hydroxylation is 1. The fraction of sp³-hybridized carbons (Fsp3) is 0.167. The first-order chi connectivity index (χ1) is 13.4. The van der Waals surface area contributed by atoms with Crippen LogP contribution >= 0.6 is 27.3 Å². The van der Waals surface area contributed by atoms with Crippen LogP contribution in [0.3, 0.4) is 0 Å². The fourth-order valence-corrected chi connectivity index (χ4v) is 3.74. The van der Waals surface area contributed by atoms with Gasteiger partial charge in [0.2, 0.25) is 0 Å². The third-order valence-corrected chi connectivity index (χ3v) is 5.48. The molecule has 146 valence electrons. The monoisotopic (exact) mass is 464 g/mol. The Morgan fingerprint density at radius 1 is 1.11 bits per heavy atom. The highest BCUT2D eigenvalue weighted by molar-refractivity contribution is 9.10. The third-order valence-electron chi connectivity index (χ3n) is 3.82. The zero-order valence-corrected chi connectivity index (χ0v) is 17.7. The number of methoxy groups -OCH3 is 2. The zero-order valence-electron chi connectivity index (χ0n) is 15.3. The molecule has 0 bridgehead atoms. The van der Waals surface area contributed by atoms with Crippen molar-refractivity contribution in [3.05, 3.63) is 51.2 Å². The number of hydrogen-bond acceptors (Lipinski definition) is 6. The number of rotatable bonds is 5. The number of H-pyrrole nitrogens is 1. The molecule has 2 heterocycles. The molecule has 0 saturated heterocycles. The van der Waals surface area contributed by atoms with E-state index in [1.54, 1.807) is 45.5 Å². The number of aromatic nitrogens is 2. The topological polar surface area (TPSA) is 105 Å². The number of aromatic amines is 1. The van der Waals surface area contributed by atoms with Gasteiger partial charge in [0.25, 0.3) is 11.8 Å². The van der Waals surface area contributed by atoms with Crippen molar-refractivity contribution in [2.75, 3.05) is 14.2 Å². The SMILES string of the molecule is COc1ccc(-c2nc(C)c(C(=O)NNC(=O)c3cc(Br)c[nH]3)s2)cc1OC. The van der Waals surface area contributed by atoms with E-state index >= 15 is 0 Å². The van der Waals surface area contributed by atoms with Crippen molar-refractivity contribution in [2.24, 2.45) is 0 Å². The molecule has 28 heavy (non-hydrogen) atoms. The Hall–Kier alpha value is -2.85. The summed E-state index contributed by atoms with van der Waals surface area (Å²) in [5, 5.41) is 0.656. The smallest absolute Gasteiger partial charge is 0.286 e. The average molecular weight is 465 g/mol. The molecule has 8 nitrogen and oxygen atoms in total. The molecular weight excluding hydrogens is 448 g/mol. The van der Waals surface area contributed by atoms with Gasteiger partial charge in [-0.25, -0.2) is 4.98 Å². The zero-order chi connectivity index (χ0) is 20.3. The summed E-state index contributed by atoms with van der Waals surface area (Å²) >= 11 is 4.47. The lowest BCUT2D eigenvalue weighted by Gasteiger charge is -2.08. The number of hydrazine groups is 1. The van der Waals surface area contributed by atoms with E-state index in [-0.39, 0.29) is 0 Å². The van der Waals surface area contributed by atoms with Gasteiger partial charge in [-0.15, -0.1) is 11.3 Å². The number of amides is 2. The van der Waals surface area contributed by atoms with Crippen LogP contribution in [0.2, 0.25) is 0 Å². The predicted molar refractivity (Wildman–Crippen MR) is 109 cm³/mol.